The summed E-state index contributed by atoms with van der Waals surface area (Å²) >= 11 is 2.00. The normalized spacial score (nSPS) is 21.5. The summed E-state index contributed by atoms with van der Waals surface area (Å²) in [6.07, 6.45) is 3.61. The smallest absolute Gasteiger partial charge is 0.0341 e. The fourth-order valence-corrected chi connectivity index (χ4v) is 4.60. The van der Waals surface area contributed by atoms with Crippen LogP contribution in [0, 0.1) is 0 Å². The van der Waals surface area contributed by atoms with Crippen LogP contribution in [0.2, 0.25) is 0 Å². The predicted molar refractivity (Wildman–Crippen MR) is 85.3 cm³/mol. The first kappa shape index (κ1) is 12.5. The molecule has 1 unspecified atom stereocenters. The minimum Gasteiger partial charge on any atom is -0.306 e. The number of hydrogen-bond acceptors (Lipinski definition) is 2. The molecule has 0 amide bonds. The van der Waals surface area contributed by atoms with Crippen molar-refractivity contribution in [2.75, 3.05) is 5.75 Å². The Bertz CT molecular complexity index is 597. The fraction of sp³-hybridized carbons (Fsp3) is 0.333. The molecule has 2 aliphatic rings. The molecule has 20 heavy (non-hydrogen) atoms. The van der Waals surface area contributed by atoms with Crippen molar-refractivity contribution in [1.82, 2.24) is 5.32 Å². The molecule has 0 bridgehead atoms. The molecule has 0 saturated heterocycles. The minimum atomic E-state index is 0.534. The van der Waals surface area contributed by atoms with Gasteiger partial charge in [0.15, 0.2) is 0 Å². The summed E-state index contributed by atoms with van der Waals surface area (Å²) in [7, 11) is 0. The average Bonchev–Trinajstić information content (AvgIpc) is 2.90. The second kappa shape index (κ2) is 5.27. The van der Waals surface area contributed by atoms with Gasteiger partial charge in [0, 0.05) is 17.0 Å². The SMILES string of the molecule is c1ccc2c(c1)CC(NC1CCSc3ccccc31)C2. The zero-order chi connectivity index (χ0) is 13.4. The molecular formula is C18H19NS. The average molecular weight is 281 g/mol. The van der Waals surface area contributed by atoms with Gasteiger partial charge >= 0.3 is 0 Å². The van der Waals surface area contributed by atoms with Gasteiger partial charge in [-0.15, -0.1) is 11.8 Å². The molecule has 0 aromatic heterocycles. The van der Waals surface area contributed by atoms with E-state index in [9.17, 15) is 0 Å². The molecule has 0 radical (unpaired) electrons. The van der Waals surface area contributed by atoms with Crippen LogP contribution in [0.3, 0.4) is 0 Å². The van der Waals surface area contributed by atoms with Gasteiger partial charge in [-0.25, -0.2) is 0 Å². The third kappa shape index (κ3) is 2.27. The summed E-state index contributed by atoms with van der Waals surface area (Å²) in [4.78, 5) is 1.46. The second-order valence-electron chi connectivity index (χ2n) is 5.77. The molecule has 1 aliphatic carbocycles. The van der Waals surface area contributed by atoms with Crippen LogP contribution in [0.1, 0.15) is 29.2 Å². The monoisotopic (exact) mass is 281 g/mol. The highest BCUT2D eigenvalue weighted by atomic mass is 32.2. The molecule has 1 N–H and O–H groups in total. The molecule has 0 spiro atoms. The number of benzene rings is 2. The quantitative estimate of drug-likeness (QED) is 0.893. The summed E-state index contributed by atoms with van der Waals surface area (Å²) in [5.74, 6) is 1.23. The van der Waals surface area contributed by atoms with E-state index >= 15 is 0 Å². The zero-order valence-electron chi connectivity index (χ0n) is 11.5. The Balaban J connectivity index is 1.52. The molecular weight excluding hydrogens is 262 g/mol. The first-order chi connectivity index (χ1) is 9.90. The largest absolute Gasteiger partial charge is 0.306 e. The molecule has 1 atom stereocenters. The van der Waals surface area contributed by atoms with E-state index in [0.29, 0.717) is 12.1 Å². The lowest BCUT2D eigenvalue weighted by molar-refractivity contribution is 0.430. The van der Waals surface area contributed by atoms with E-state index in [1.54, 1.807) is 0 Å². The van der Waals surface area contributed by atoms with Crippen LogP contribution in [0.25, 0.3) is 0 Å². The van der Waals surface area contributed by atoms with Crippen molar-refractivity contribution >= 4 is 11.8 Å². The van der Waals surface area contributed by atoms with Gasteiger partial charge < -0.3 is 5.32 Å². The third-order valence-corrected chi connectivity index (χ3v) is 5.57. The molecule has 2 aromatic carbocycles. The maximum atomic E-state index is 3.91. The van der Waals surface area contributed by atoms with Crippen molar-refractivity contribution in [1.29, 1.82) is 0 Å². The van der Waals surface area contributed by atoms with Crippen LogP contribution >= 0.6 is 11.8 Å². The van der Waals surface area contributed by atoms with E-state index in [-0.39, 0.29) is 0 Å². The van der Waals surface area contributed by atoms with Crippen molar-refractivity contribution < 1.29 is 0 Å². The molecule has 4 rings (SSSR count). The second-order valence-corrected chi connectivity index (χ2v) is 6.90. The predicted octanol–water partition coefficient (Wildman–Crippen LogP) is 3.98. The van der Waals surface area contributed by atoms with Gasteiger partial charge in [0.1, 0.15) is 0 Å². The van der Waals surface area contributed by atoms with Gasteiger partial charge in [0.2, 0.25) is 0 Å². The van der Waals surface area contributed by atoms with Crippen molar-refractivity contribution in [2.24, 2.45) is 0 Å². The van der Waals surface area contributed by atoms with Gasteiger partial charge in [-0.1, -0.05) is 42.5 Å². The maximum absolute atomic E-state index is 3.91. The van der Waals surface area contributed by atoms with E-state index in [2.05, 4.69) is 53.8 Å². The van der Waals surface area contributed by atoms with Crippen molar-refractivity contribution in [3.63, 3.8) is 0 Å². The number of thioether (sulfide) groups is 1. The van der Waals surface area contributed by atoms with Crippen LogP contribution in [-0.4, -0.2) is 11.8 Å². The van der Waals surface area contributed by atoms with Crippen LogP contribution in [0.4, 0.5) is 0 Å². The highest BCUT2D eigenvalue weighted by molar-refractivity contribution is 7.99. The van der Waals surface area contributed by atoms with Crippen LogP contribution in [0.15, 0.2) is 53.4 Å². The Morgan fingerprint density at radius 3 is 2.40 bits per heavy atom. The molecule has 0 fully saturated rings. The van der Waals surface area contributed by atoms with Gasteiger partial charge in [-0.2, -0.15) is 0 Å². The summed E-state index contributed by atoms with van der Waals surface area (Å²) in [6, 6.07) is 18.9. The molecule has 1 heterocycles. The molecule has 2 aromatic rings. The Labute approximate surface area is 124 Å². The van der Waals surface area contributed by atoms with Crippen LogP contribution < -0.4 is 5.32 Å². The Morgan fingerprint density at radius 2 is 1.60 bits per heavy atom. The van der Waals surface area contributed by atoms with E-state index in [1.807, 2.05) is 11.8 Å². The van der Waals surface area contributed by atoms with Crippen molar-refractivity contribution in [3.8, 4) is 0 Å². The lowest BCUT2D eigenvalue weighted by atomic mass is 10.0. The number of nitrogens with one attached hydrogen (secondary N) is 1. The lowest BCUT2D eigenvalue weighted by Gasteiger charge is -2.28. The summed E-state index contributed by atoms with van der Waals surface area (Å²) in [5, 5.41) is 3.91. The minimum absolute atomic E-state index is 0.534. The summed E-state index contributed by atoms with van der Waals surface area (Å²) in [5.41, 5.74) is 4.56. The van der Waals surface area contributed by atoms with Gasteiger partial charge in [0.05, 0.1) is 0 Å². The zero-order valence-corrected chi connectivity index (χ0v) is 12.3. The summed E-state index contributed by atoms with van der Waals surface area (Å²) < 4.78 is 0. The van der Waals surface area contributed by atoms with E-state index in [4.69, 9.17) is 0 Å². The van der Waals surface area contributed by atoms with E-state index in [1.165, 1.54) is 46.6 Å². The first-order valence-corrected chi connectivity index (χ1v) is 8.43. The van der Waals surface area contributed by atoms with Gasteiger partial charge in [0.25, 0.3) is 0 Å². The van der Waals surface area contributed by atoms with E-state index in [0.717, 1.165) is 0 Å². The molecule has 0 saturated carbocycles. The molecule has 1 nitrogen and oxygen atoms in total. The molecule has 2 heteroatoms. The summed E-state index contributed by atoms with van der Waals surface area (Å²) in [6.45, 7) is 0. The Hall–Kier alpha value is -1.25. The Kier molecular flexibility index (Phi) is 3.29. The highest BCUT2D eigenvalue weighted by Gasteiger charge is 2.26. The number of hydrogen-bond donors (Lipinski definition) is 1. The van der Waals surface area contributed by atoms with E-state index < -0.39 is 0 Å². The first-order valence-electron chi connectivity index (χ1n) is 7.45. The topological polar surface area (TPSA) is 12.0 Å². The Morgan fingerprint density at radius 1 is 0.900 bits per heavy atom. The van der Waals surface area contributed by atoms with Gasteiger partial charge in [-0.3, -0.25) is 0 Å². The number of rotatable bonds is 2. The standard InChI is InChI=1S/C18H19NS/c1-2-6-14-12-15(11-13(14)5-1)19-17-9-10-20-18-8-4-3-7-16(17)18/h1-8,15,17,19H,9-12H2. The fourth-order valence-electron chi connectivity index (χ4n) is 3.48. The van der Waals surface area contributed by atoms with Crippen LogP contribution in [-0.2, 0) is 12.8 Å². The van der Waals surface area contributed by atoms with Crippen molar-refractivity contribution in [2.45, 2.75) is 36.2 Å². The highest BCUT2D eigenvalue weighted by Crippen LogP contribution is 2.36. The van der Waals surface area contributed by atoms with Crippen LogP contribution in [0.5, 0.6) is 0 Å². The van der Waals surface area contributed by atoms with Crippen molar-refractivity contribution in [3.05, 3.63) is 65.2 Å². The molecule has 102 valence electrons. The third-order valence-electron chi connectivity index (χ3n) is 4.45. The number of fused-ring (bicyclic) bond motifs is 2. The maximum Gasteiger partial charge on any atom is 0.0341 e. The lowest BCUT2D eigenvalue weighted by Crippen LogP contribution is -2.35. The molecule has 1 aliphatic heterocycles. The van der Waals surface area contributed by atoms with Gasteiger partial charge in [-0.05, 0) is 47.8 Å².